The Hall–Kier alpha value is -2.80. The van der Waals surface area contributed by atoms with Crippen molar-refractivity contribution in [1.29, 1.82) is 0 Å². The summed E-state index contributed by atoms with van der Waals surface area (Å²) in [5.74, 6) is 0.367. The van der Waals surface area contributed by atoms with E-state index in [1.54, 1.807) is 11.5 Å². The predicted molar refractivity (Wildman–Crippen MR) is 81.8 cm³/mol. The molecule has 4 rings (SSSR count). The van der Waals surface area contributed by atoms with Gasteiger partial charge in [-0.3, -0.25) is 4.40 Å². The van der Waals surface area contributed by atoms with Crippen molar-refractivity contribution in [2.75, 3.05) is 7.11 Å². The molecule has 0 radical (unpaired) electrons. The molecule has 1 aromatic carbocycles. The molecule has 4 aromatic rings. The number of carbonyl (C=O) groups is 1. The van der Waals surface area contributed by atoms with Crippen LogP contribution in [0.15, 0.2) is 40.3 Å². The molecule has 0 aliphatic carbocycles. The monoisotopic (exact) mass is 314 g/mol. The first-order valence-corrected chi connectivity index (χ1v) is 7.31. The molecule has 0 amide bonds. The average Bonchev–Trinajstić information content (AvgIpc) is 3.18. The molecule has 0 saturated heterocycles. The fourth-order valence-electron chi connectivity index (χ4n) is 2.34. The number of fused-ring (bicyclic) bond motifs is 2. The highest BCUT2D eigenvalue weighted by molar-refractivity contribution is 7.15. The van der Waals surface area contributed by atoms with Crippen molar-refractivity contribution >= 4 is 33.2 Å². The van der Waals surface area contributed by atoms with Gasteiger partial charge < -0.3 is 14.3 Å². The maximum atomic E-state index is 11.0. The Bertz CT molecular complexity index is 1010. The number of thiazole rings is 1. The first kappa shape index (κ1) is 12.9. The zero-order valence-corrected chi connectivity index (χ0v) is 12.3. The van der Waals surface area contributed by atoms with Crippen LogP contribution < -0.4 is 4.74 Å². The molecule has 7 heteroatoms. The van der Waals surface area contributed by atoms with Gasteiger partial charge in [0.1, 0.15) is 17.0 Å². The SMILES string of the molecule is COc1ccc2oc(-c3csc4nc(C(=O)O)cn34)cc2c1. The zero-order valence-electron chi connectivity index (χ0n) is 11.4. The number of carboxylic acid groups (broad SMARTS) is 1. The molecule has 1 N–H and O–H groups in total. The van der Waals surface area contributed by atoms with Crippen molar-refractivity contribution in [3.05, 3.63) is 41.5 Å². The Morgan fingerprint density at radius 3 is 3.05 bits per heavy atom. The summed E-state index contributed by atoms with van der Waals surface area (Å²) in [5.41, 5.74) is 1.54. The molecule has 0 atom stereocenters. The number of ether oxygens (including phenoxy) is 1. The van der Waals surface area contributed by atoms with Gasteiger partial charge in [0.15, 0.2) is 16.4 Å². The molecule has 0 unspecified atom stereocenters. The second-order valence-electron chi connectivity index (χ2n) is 4.72. The topological polar surface area (TPSA) is 77.0 Å². The number of rotatable bonds is 3. The van der Waals surface area contributed by atoms with Gasteiger partial charge in [0.05, 0.1) is 7.11 Å². The van der Waals surface area contributed by atoms with Gasteiger partial charge in [-0.05, 0) is 24.3 Å². The van der Waals surface area contributed by atoms with Crippen LogP contribution in [0.5, 0.6) is 5.75 Å². The number of furan rings is 1. The standard InChI is InChI=1S/C15H10N2O4S/c1-20-9-2-3-12-8(4-9)5-13(21-12)11-7-22-15-16-10(14(18)19)6-17(11)15/h2-7H,1H3,(H,18,19). The van der Waals surface area contributed by atoms with E-state index in [-0.39, 0.29) is 5.69 Å². The Morgan fingerprint density at radius 2 is 2.27 bits per heavy atom. The summed E-state index contributed by atoms with van der Waals surface area (Å²) in [7, 11) is 1.61. The molecule has 22 heavy (non-hydrogen) atoms. The third kappa shape index (κ3) is 1.86. The van der Waals surface area contributed by atoms with E-state index in [1.165, 1.54) is 17.5 Å². The number of nitrogens with zero attached hydrogens (tertiary/aromatic N) is 2. The number of aromatic carboxylic acids is 1. The molecule has 3 aromatic heterocycles. The Labute approximate surface area is 128 Å². The van der Waals surface area contributed by atoms with Gasteiger partial charge >= 0.3 is 5.97 Å². The molecule has 0 fully saturated rings. The molecule has 6 nitrogen and oxygen atoms in total. The van der Waals surface area contributed by atoms with Crippen LogP contribution in [-0.4, -0.2) is 27.6 Å². The Kier molecular flexibility index (Phi) is 2.70. The zero-order chi connectivity index (χ0) is 15.3. The maximum Gasteiger partial charge on any atom is 0.356 e. The third-order valence-corrected chi connectivity index (χ3v) is 4.24. The fourth-order valence-corrected chi connectivity index (χ4v) is 3.20. The van der Waals surface area contributed by atoms with Crippen LogP contribution in [0.3, 0.4) is 0 Å². The van der Waals surface area contributed by atoms with Gasteiger partial charge in [-0.25, -0.2) is 9.78 Å². The minimum absolute atomic E-state index is 0.0193. The van der Waals surface area contributed by atoms with Crippen molar-refractivity contribution in [2.45, 2.75) is 0 Å². The quantitative estimate of drug-likeness (QED) is 0.626. The summed E-state index contributed by atoms with van der Waals surface area (Å²) in [6.07, 6.45) is 1.50. The lowest BCUT2D eigenvalue weighted by Gasteiger charge is -1.96. The van der Waals surface area contributed by atoms with Crippen LogP contribution in [0, 0.1) is 0 Å². The van der Waals surface area contributed by atoms with Crippen LogP contribution in [0.1, 0.15) is 10.5 Å². The number of hydrogen-bond acceptors (Lipinski definition) is 5. The van der Waals surface area contributed by atoms with E-state index in [9.17, 15) is 4.79 Å². The molecule has 110 valence electrons. The smallest absolute Gasteiger partial charge is 0.356 e. The van der Waals surface area contributed by atoms with Gasteiger partial charge in [0.2, 0.25) is 0 Å². The van der Waals surface area contributed by atoms with Gasteiger partial charge in [-0.2, -0.15) is 0 Å². The van der Waals surface area contributed by atoms with Gasteiger partial charge in [0, 0.05) is 17.0 Å². The molecule has 0 spiro atoms. The van der Waals surface area contributed by atoms with Crippen molar-refractivity contribution < 1.29 is 19.1 Å². The van der Waals surface area contributed by atoms with Crippen molar-refractivity contribution in [1.82, 2.24) is 9.38 Å². The number of carboxylic acids is 1. The summed E-state index contributed by atoms with van der Waals surface area (Å²) in [4.78, 5) is 15.7. The second-order valence-corrected chi connectivity index (χ2v) is 5.56. The summed E-state index contributed by atoms with van der Waals surface area (Å²) in [6.45, 7) is 0. The second kappa shape index (κ2) is 4.60. The molecule has 0 aliphatic rings. The number of methoxy groups -OCH3 is 1. The first-order chi connectivity index (χ1) is 10.7. The van der Waals surface area contributed by atoms with Crippen LogP contribution in [-0.2, 0) is 0 Å². The van der Waals surface area contributed by atoms with Crippen LogP contribution in [0.2, 0.25) is 0 Å². The van der Waals surface area contributed by atoms with Crippen LogP contribution >= 0.6 is 11.3 Å². The highest BCUT2D eigenvalue weighted by Gasteiger charge is 2.16. The highest BCUT2D eigenvalue weighted by Crippen LogP contribution is 2.32. The predicted octanol–water partition coefficient (Wildman–Crippen LogP) is 3.52. The number of imidazole rings is 1. The van der Waals surface area contributed by atoms with E-state index in [2.05, 4.69) is 4.98 Å². The lowest BCUT2D eigenvalue weighted by molar-refractivity contribution is 0.0691. The van der Waals surface area contributed by atoms with E-state index in [4.69, 9.17) is 14.3 Å². The Balaban J connectivity index is 1.88. The molecule has 0 aliphatic heterocycles. The van der Waals surface area contributed by atoms with Crippen molar-refractivity contribution in [3.63, 3.8) is 0 Å². The number of aromatic nitrogens is 2. The summed E-state index contributed by atoms with van der Waals surface area (Å²) >= 11 is 1.37. The Morgan fingerprint density at radius 1 is 1.41 bits per heavy atom. The maximum absolute atomic E-state index is 11.0. The molecular weight excluding hydrogens is 304 g/mol. The highest BCUT2D eigenvalue weighted by atomic mass is 32.1. The van der Waals surface area contributed by atoms with E-state index in [1.807, 2.05) is 29.6 Å². The minimum Gasteiger partial charge on any atom is -0.497 e. The lowest BCUT2D eigenvalue weighted by atomic mass is 10.2. The van der Waals surface area contributed by atoms with Crippen molar-refractivity contribution in [2.24, 2.45) is 0 Å². The van der Waals surface area contributed by atoms with E-state index < -0.39 is 5.97 Å². The molecular formula is C15H10N2O4S. The largest absolute Gasteiger partial charge is 0.497 e. The lowest BCUT2D eigenvalue weighted by Crippen LogP contribution is -1.95. The summed E-state index contributed by atoms with van der Waals surface area (Å²) < 4.78 is 12.8. The van der Waals surface area contributed by atoms with Crippen molar-refractivity contribution in [3.8, 4) is 17.2 Å². The van der Waals surface area contributed by atoms with E-state index in [0.717, 1.165) is 22.4 Å². The van der Waals surface area contributed by atoms with E-state index in [0.29, 0.717) is 10.7 Å². The van der Waals surface area contributed by atoms with Crippen LogP contribution in [0.25, 0.3) is 27.4 Å². The third-order valence-electron chi connectivity index (χ3n) is 3.40. The van der Waals surface area contributed by atoms with Gasteiger partial charge in [-0.15, -0.1) is 11.3 Å². The van der Waals surface area contributed by atoms with Gasteiger partial charge in [0.25, 0.3) is 0 Å². The van der Waals surface area contributed by atoms with Crippen LogP contribution in [0.4, 0.5) is 0 Å². The van der Waals surface area contributed by atoms with Gasteiger partial charge in [-0.1, -0.05) is 0 Å². The first-order valence-electron chi connectivity index (χ1n) is 6.43. The average molecular weight is 314 g/mol. The summed E-state index contributed by atoms with van der Waals surface area (Å²) in [5, 5.41) is 11.8. The molecule has 0 saturated carbocycles. The minimum atomic E-state index is -1.05. The molecule has 0 bridgehead atoms. The number of hydrogen-bond donors (Lipinski definition) is 1. The normalized spacial score (nSPS) is 11.3. The fraction of sp³-hybridized carbons (Fsp3) is 0.0667. The number of benzene rings is 1. The van der Waals surface area contributed by atoms with E-state index >= 15 is 0 Å². The molecule has 3 heterocycles. The summed E-state index contributed by atoms with van der Waals surface area (Å²) in [6, 6.07) is 7.47.